The fourth-order valence-corrected chi connectivity index (χ4v) is 2.54. The Morgan fingerprint density at radius 3 is 2.25 bits per heavy atom. The van der Waals surface area contributed by atoms with E-state index in [1.807, 2.05) is 27.7 Å². The summed E-state index contributed by atoms with van der Waals surface area (Å²) < 4.78 is 12.0. The lowest BCUT2D eigenvalue weighted by Gasteiger charge is -2.32. The molecule has 6 heteroatoms. The molecule has 0 bridgehead atoms. The van der Waals surface area contributed by atoms with Crippen molar-refractivity contribution in [3.63, 3.8) is 0 Å². The predicted octanol–water partition coefficient (Wildman–Crippen LogP) is 0.622. The molecule has 0 aromatic carbocycles. The van der Waals surface area contributed by atoms with E-state index >= 15 is 0 Å². The van der Waals surface area contributed by atoms with E-state index in [4.69, 9.17) is 15.0 Å². The molecule has 0 spiro atoms. The molecule has 1 saturated carbocycles. The Bertz CT molecular complexity index is 589. The molecule has 1 aromatic rings. The van der Waals surface area contributed by atoms with E-state index in [1.165, 1.54) is 6.07 Å². The summed E-state index contributed by atoms with van der Waals surface area (Å²) in [5.41, 5.74) is 6.07. The van der Waals surface area contributed by atoms with Crippen LogP contribution < -0.4 is 16.8 Å². The summed E-state index contributed by atoms with van der Waals surface area (Å²) >= 11 is 0. The van der Waals surface area contributed by atoms with Crippen LogP contribution in [0, 0.1) is 0 Å². The molecule has 3 rings (SSSR count). The third-order valence-corrected chi connectivity index (χ3v) is 4.76. The van der Waals surface area contributed by atoms with Crippen LogP contribution in [0.4, 0.5) is 0 Å². The first kappa shape index (κ1) is 13.9. The van der Waals surface area contributed by atoms with Gasteiger partial charge in [-0.15, -0.1) is 0 Å². The van der Waals surface area contributed by atoms with E-state index in [-0.39, 0.29) is 5.43 Å². The standard InChI is InChI=1S/C14H21BN2O3/c1-12(2)13(3,4)20-15(19-12)11-10(14(16)6-7-14)9(18)5-8-17-11/h5,8H,6-7,16H2,1-4H3,(H,17,18). The van der Waals surface area contributed by atoms with Gasteiger partial charge in [-0.25, -0.2) is 0 Å². The average Bonchev–Trinajstić information content (AvgIpc) is 3.00. The first-order chi connectivity index (χ1) is 9.16. The van der Waals surface area contributed by atoms with Crippen LogP contribution in [0.1, 0.15) is 46.1 Å². The number of rotatable bonds is 2. The van der Waals surface area contributed by atoms with Crippen molar-refractivity contribution >= 4 is 12.7 Å². The first-order valence-corrected chi connectivity index (χ1v) is 7.03. The molecular weight excluding hydrogens is 255 g/mol. The number of hydrogen-bond acceptors (Lipinski definition) is 4. The summed E-state index contributed by atoms with van der Waals surface area (Å²) in [7, 11) is -0.579. The van der Waals surface area contributed by atoms with Crippen molar-refractivity contribution in [1.29, 1.82) is 0 Å². The number of aromatic amines is 1. The minimum atomic E-state index is -0.579. The van der Waals surface area contributed by atoms with Crippen LogP contribution in [0.15, 0.2) is 17.1 Å². The van der Waals surface area contributed by atoms with Gasteiger partial charge in [0.15, 0.2) is 5.43 Å². The van der Waals surface area contributed by atoms with Crippen LogP contribution in [0.5, 0.6) is 0 Å². The maximum Gasteiger partial charge on any atom is 0.512 e. The van der Waals surface area contributed by atoms with Crippen molar-refractivity contribution in [2.45, 2.75) is 57.3 Å². The third-order valence-electron chi connectivity index (χ3n) is 4.76. The van der Waals surface area contributed by atoms with Gasteiger partial charge in [-0.1, -0.05) is 0 Å². The van der Waals surface area contributed by atoms with Gasteiger partial charge >= 0.3 is 7.12 Å². The first-order valence-electron chi connectivity index (χ1n) is 7.03. The summed E-state index contributed by atoms with van der Waals surface area (Å²) in [5.74, 6) is 0. The molecule has 1 saturated heterocycles. The molecule has 0 radical (unpaired) electrons. The highest BCUT2D eigenvalue weighted by Gasteiger charge is 2.55. The Kier molecular flexibility index (Phi) is 2.75. The van der Waals surface area contributed by atoms with Crippen LogP contribution >= 0.6 is 0 Å². The Hall–Kier alpha value is -1.11. The predicted molar refractivity (Wildman–Crippen MR) is 77.9 cm³/mol. The highest BCUT2D eigenvalue weighted by Crippen LogP contribution is 2.42. The molecule has 2 aliphatic rings. The zero-order valence-electron chi connectivity index (χ0n) is 12.4. The molecule has 0 unspecified atom stereocenters. The van der Waals surface area contributed by atoms with Gasteiger partial charge in [-0.3, -0.25) is 4.79 Å². The second-order valence-electron chi connectivity index (χ2n) is 6.87. The van der Waals surface area contributed by atoms with E-state index in [0.717, 1.165) is 12.8 Å². The quantitative estimate of drug-likeness (QED) is 0.776. The number of pyridine rings is 1. The average molecular weight is 276 g/mol. The highest BCUT2D eigenvalue weighted by atomic mass is 16.7. The van der Waals surface area contributed by atoms with Crippen LogP contribution in [0.2, 0.25) is 0 Å². The molecule has 1 aliphatic carbocycles. The molecule has 5 nitrogen and oxygen atoms in total. The van der Waals surface area contributed by atoms with E-state index in [9.17, 15) is 4.79 Å². The van der Waals surface area contributed by atoms with Crippen molar-refractivity contribution < 1.29 is 9.31 Å². The number of H-pyrrole nitrogens is 1. The largest absolute Gasteiger partial charge is 0.512 e. The minimum absolute atomic E-state index is 0.0477. The summed E-state index contributed by atoms with van der Waals surface area (Å²) in [6.45, 7) is 7.96. The minimum Gasteiger partial charge on any atom is -0.398 e. The number of nitrogens with one attached hydrogen (secondary N) is 1. The number of nitrogens with two attached hydrogens (primary N) is 1. The van der Waals surface area contributed by atoms with E-state index in [1.54, 1.807) is 6.20 Å². The Morgan fingerprint density at radius 2 is 1.75 bits per heavy atom. The molecule has 0 atom stereocenters. The molecule has 108 valence electrons. The van der Waals surface area contributed by atoms with Gasteiger partial charge in [-0.05, 0) is 40.5 Å². The Morgan fingerprint density at radius 1 is 1.20 bits per heavy atom. The topological polar surface area (TPSA) is 77.3 Å². The van der Waals surface area contributed by atoms with Crippen LogP contribution in [-0.4, -0.2) is 23.3 Å². The second-order valence-corrected chi connectivity index (χ2v) is 6.87. The van der Waals surface area contributed by atoms with Gasteiger partial charge in [0.1, 0.15) is 0 Å². The molecular formula is C14H21BN2O3. The fraction of sp³-hybridized carbons (Fsp3) is 0.643. The summed E-state index contributed by atoms with van der Waals surface area (Å²) in [4.78, 5) is 15.3. The van der Waals surface area contributed by atoms with Crippen LogP contribution in [0.25, 0.3) is 0 Å². The lowest BCUT2D eigenvalue weighted by molar-refractivity contribution is 0.00578. The maximum absolute atomic E-state index is 12.2. The fourth-order valence-electron chi connectivity index (χ4n) is 2.54. The summed E-state index contributed by atoms with van der Waals surface area (Å²) in [5, 5.41) is 0. The number of hydrogen-bond donors (Lipinski definition) is 2. The molecule has 2 fully saturated rings. The summed E-state index contributed by atoms with van der Waals surface area (Å²) in [6, 6.07) is 1.51. The molecule has 3 N–H and O–H groups in total. The van der Waals surface area contributed by atoms with Crippen molar-refractivity contribution in [2.75, 3.05) is 0 Å². The Labute approximate surface area is 119 Å². The molecule has 1 aliphatic heterocycles. The monoisotopic (exact) mass is 276 g/mol. The maximum atomic E-state index is 12.2. The van der Waals surface area contributed by atoms with Crippen LogP contribution in [0.3, 0.4) is 0 Å². The van der Waals surface area contributed by atoms with E-state index < -0.39 is 23.9 Å². The van der Waals surface area contributed by atoms with E-state index in [2.05, 4.69) is 4.98 Å². The summed E-state index contributed by atoms with van der Waals surface area (Å²) in [6.07, 6.45) is 3.27. The Balaban J connectivity index is 2.05. The van der Waals surface area contributed by atoms with Gasteiger partial charge in [-0.2, -0.15) is 0 Å². The zero-order valence-corrected chi connectivity index (χ0v) is 12.4. The molecule has 20 heavy (non-hydrogen) atoms. The van der Waals surface area contributed by atoms with Crippen molar-refractivity contribution in [2.24, 2.45) is 5.73 Å². The smallest absolute Gasteiger partial charge is 0.398 e. The van der Waals surface area contributed by atoms with E-state index in [0.29, 0.717) is 11.2 Å². The SMILES string of the molecule is CC1(C)OB(c2[nH]ccc(=O)c2C2(N)CC2)OC1(C)C. The molecule has 2 heterocycles. The van der Waals surface area contributed by atoms with Crippen molar-refractivity contribution in [3.8, 4) is 0 Å². The third kappa shape index (κ3) is 1.94. The number of aromatic nitrogens is 1. The van der Waals surface area contributed by atoms with Gasteiger partial charge < -0.3 is 20.0 Å². The molecule has 1 aromatic heterocycles. The van der Waals surface area contributed by atoms with Crippen molar-refractivity contribution in [3.05, 3.63) is 28.0 Å². The normalized spacial score (nSPS) is 25.8. The van der Waals surface area contributed by atoms with Gasteiger partial charge in [0.2, 0.25) is 0 Å². The lowest BCUT2D eigenvalue weighted by atomic mass is 9.78. The van der Waals surface area contributed by atoms with Crippen LogP contribution in [-0.2, 0) is 14.8 Å². The van der Waals surface area contributed by atoms with Gasteiger partial charge in [0, 0.05) is 23.4 Å². The van der Waals surface area contributed by atoms with Crippen molar-refractivity contribution in [1.82, 2.24) is 4.98 Å². The van der Waals surface area contributed by atoms with Gasteiger partial charge in [0.25, 0.3) is 0 Å². The van der Waals surface area contributed by atoms with Gasteiger partial charge in [0.05, 0.1) is 16.8 Å². The highest BCUT2D eigenvalue weighted by molar-refractivity contribution is 6.61. The molecule has 0 amide bonds. The zero-order chi connectivity index (χ0) is 14.8. The lowest BCUT2D eigenvalue weighted by Crippen LogP contribution is -2.46. The second kappa shape index (κ2) is 3.96.